The molecule has 0 saturated heterocycles. The second-order valence-electron chi connectivity index (χ2n) is 7.31. The van der Waals surface area contributed by atoms with Gasteiger partial charge in [-0.15, -0.1) is 0 Å². The van der Waals surface area contributed by atoms with Gasteiger partial charge in [0, 0.05) is 18.9 Å². The Balaban J connectivity index is 2.04. The first kappa shape index (κ1) is 23.1. The summed E-state index contributed by atoms with van der Waals surface area (Å²) in [6.07, 6.45) is -3.26. The van der Waals surface area contributed by atoms with Gasteiger partial charge in [-0.2, -0.15) is 13.2 Å². The maximum absolute atomic E-state index is 14.7. The number of aryl methyl sites for hydroxylation is 1. The first-order valence-electron chi connectivity index (χ1n) is 9.78. The number of amides is 1. The highest BCUT2D eigenvalue weighted by molar-refractivity contribution is 7.71. The standard InChI is InChI=1S/C23H15F4N5OS/c1-12-8-9-30-20-19(12)31(14-4-6-15(17(24)11-14)21(33)29-3)22(34)32(20)13-5-7-18(28-2)16(10-13)23(25,26)27/h4-11H,1,3H3,(H,29,33). The molecular formula is C23H15F4N5OS. The summed E-state index contributed by atoms with van der Waals surface area (Å²) in [4.78, 5) is 19.1. The van der Waals surface area contributed by atoms with Crippen molar-refractivity contribution in [2.45, 2.75) is 13.1 Å². The van der Waals surface area contributed by atoms with E-state index >= 15 is 0 Å². The molecule has 0 unspecified atom stereocenters. The first-order valence-corrected chi connectivity index (χ1v) is 10.2. The fourth-order valence-corrected chi connectivity index (χ4v) is 4.07. The molecule has 34 heavy (non-hydrogen) atoms. The number of carbonyl (C=O) groups is 1. The van der Waals surface area contributed by atoms with E-state index in [0.717, 1.165) is 18.2 Å². The second-order valence-corrected chi connectivity index (χ2v) is 7.67. The van der Waals surface area contributed by atoms with E-state index in [1.54, 1.807) is 13.0 Å². The van der Waals surface area contributed by atoms with Crippen LogP contribution in [0.5, 0.6) is 0 Å². The van der Waals surface area contributed by atoms with Crippen molar-refractivity contribution in [1.82, 2.24) is 19.4 Å². The Bertz CT molecular complexity index is 1560. The monoisotopic (exact) mass is 485 g/mol. The summed E-state index contributed by atoms with van der Waals surface area (Å²) in [6, 6.07) is 8.86. The minimum Gasteiger partial charge on any atom is -0.355 e. The number of halogens is 4. The van der Waals surface area contributed by atoms with Gasteiger partial charge < -0.3 is 5.32 Å². The van der Waals surface area contributed by atoms with Gasteiger partial charge >= 0.3 is 6.18 Å². The van der Waals surface area contributed by atoms with Gasteiger partial charge in [0.2, 0.25) is 0 Å². The third-order valence-electron chi connectivity index (χ3n) is 5.27. The van der Waals surface area contributed by atoms with Crippen molar-refractivity contribution in [1.29, 1.82) is 0 Å². The molecule has 0 aliphatic heterocycles. The van der Waals surface area contributed by atoms with E-state index in [-0.39, 0.29) is 27.4 Å². The largest absolute Gasteiger partial charge is 0.407 e. The van der Waals surface area contributed by atoms with Gasteiger partial charge in [0.05, 0.1) is 28.9 Å². The highest BCUT2D eigenvalue weighted by Gasteiger charge is 2.34. The molecule has 6 nitrogen and oxygen atoms in total. The van der Waals surface area contributed by atoms with E-state index in [4.69, 9.17) is 18.8 Å². The fourth-order valence-electron chi connectivity index (χ4n) is 3.68. The summed E-state index contributed by atoms with van der Waals surface area (Å²) in [5.74, 6) is -1.39. The Morgan fingerprint density at radius 3 is 2.41 bits per heavy atom. The molecule has 0 atom stereocenters. The third kappa shape index (κ3) is 3.72. The van der Waals surface area contributed by atoms with Crippen molar-refractivity contribution < 1.29 is 22.4 Å². The number of fused-ring (bicyclic) bond motifs is 1. The van der Waals surface area contributed by atoms with E-state index in [1.165, 1.54) is 40.6 Å². The van der Waals surface area contributed by atoms with Gasteiger partial charge in [-0.05, 0) is 61.1 Å². The number of carbonyl (C=O) groups excluding carboxylic acids is 1. The summed E-state index contributed by atoms with van der Waals surface area (Å²) in [5, 5.41) is 2.35. The van der Waals surface area contributed by atoms with Crippen molar-refractivity contribution in [3.8, 4) is 11.4 Å². The number of nitrogens with zero attached hydrogens (tertiary/aromatic N) is 4. The molecule has 0 aliphatic carbocycles. The number of imidazole rings is 1. The van der Waals surface area contributed by atoms with E-state index in [1.807, 2.05) is 0 Å². The maximum Gasteiger partial charge on any atom is 0.407 e. The number of benzene rings is 2. The highest BCUT2D eigenvalue weighted by Crippen LogP contribution is 2.38. The average molecular weight is 485 g/mol. The molecule has 0 saturated carbocycles. The lowest BCUT2D eigenvalue weighted by atomic mass is 10.1. The number of rotatable bonds is 3. The number of nitrogens with one attached hydrogen (secondary N) is 1. The molecule has 0 spiro atoms. The highest BCUT2D eigenvalue weighted by atomic mass is 32.1. The molecule has 0 fully saturated rings. The molecule has 172 valence electrons. The van der Waals surface area contributed by atoms with Crippen LogP contribution in [0.15, 0.2) is 48.7 Å². The molecule has 2 aromatic heterocycles. The molecular weight excluding hydrogens is 470 g/mol. The molecule has 2 aromatic carbocycles. The van der Waals surface area contributed by atoms with Gasteiger partial charge in [-0.3, -0.25) is 13.9 Å². The number of hydrogen-bond acceptors (Lipinski definition) is 3. The van der Waals surface area contributed by atoms with E-state index < -0.39 is 29.2 Å². The molecule has 4 aromatic rings. The molecule has 0 radical (unpaired) electrons. The Hall–Kier alpha value is -4.04. The van der Waals surface area contributed by atoms with Gasteiger partial charge in [0.15, 0.2) is 16.1 Å². The first-order chi connectivity index (χ1) is 16.1. The quantitative estimate of drug-likeness (QED) is 0.223. The SMILES string of the molecule is [C-]#[N+]c1ccc(-n2c(=S)n(-c3ccc(C(=O)NC)c(F)c3)c3c(C)ccnc32)cc1C(F)(F)F. The molecule has 1 amide bonds. The van der Waals surface area contributed by atoms with Crippen molar-refractivity contribution in [2.75, 3.05) is 7.05 Å². The smallest absolute Gasteiger partial charge is 0.355 e. The summed E-state index contributed by atoms with van der Waals surface area (Å²) in [5.41, 5.74) is -0.0796. The number of alkyl halides is 3. The van der Waals surface area contributed by atoms with Crippen LogP contribution < -0.4 is 5.32 Å². The average Bonchev–Trinajstić information content (AvgIpc) is 3.10. The van der Waals surface area contributed by atoms with Crippen molar-refractivity contribution in [2.24, 2.45) is 0 Å². The summed E-state index contributed by atoms with van der Waals surface area (Å²) in [7, 11) is 1.38. The second kappa shape index (κ2) is 8.39. The summed E-state index contributed by atoms with van der Waals surface area (Å²) < 4.78 is 58.3. The van der Waals surface area contributed by atoms with Crippen molar-refractivity contribution in [3.63, 3.8) is 0 Å². The van der Waals surface area contributed by atoms with Crippen LogP contribution in [0.2, 0.25) is 0 Å². The van der Waals surface area contributed by atoms with Crippen LogP contribution in [0.4, 0.5) is 23.2 Å². The number of aromatic nitrogens is 3. The molecule has 1 N–H and O–H groups in total. The van der Waals surface area contributed by atoms with E-state index in [9.17, 15) is 22.4 Å². The lowest BCUT2D eigenvalue weighted by Crippen LogP contribution is -2.19. The predicted molar refractivity (Wildman–Crippen MR) is 121 cm³/mol. The lowest BCUT2D eigenvalue weighted by Gasteiger charge is -2.12. The molecule has 0 aliphatic rings. The normalized spacial score (nSPS) is 11.4. The zero-order chi connectivity index (χ0) is 24.8. The van der Waals surface area contributed by atoms with Crippen molar-refractivity contribution >= 4 is 35.0 Å². The van der Waals surface area contributed by atoms with Crippen LogP contribution >= 0.6 is 12.2 Å². The van der Waals surface area contributed by atoms with Crippen molar-refractivity contribution in [3.05, 3.63) is 87.4 Å². The number of pyridine rings is 1. The molecule has 0 bridgehead atoms. The summed E-state index contributed by atoms with van der Waals surface area (Å²) in [6.45, 7) is 8.82. The minimum atomic E-state index is -4.75. The van der Waals surface area contributed by atoms with Gasteiger partial charge in [-0.1, -0.05) is 6.07 Å². The number of hydrogen-bond donors (Lipinski definition) is 1. The Labute approximate surface area is 195 Å². The van der Waals surface area contributed by atoms with Gasteiger partial charge in [0.1, 0.15) is 5.82 Å². The third-order valence-corrected chi connectivity index (χ3v) is 5.64. The fraction of sp³-hybridized carbons (Fsp3) is 0.130. The van der Waals surface area contributed by atoms with E-state index in [0.29, 0.717) is 11.1 Å². The Morgan fingerprint density at radius 1 is 1.12 bits per heavy atom. The van der Waals surface area contributed by atoms with Crippen LogP contribution in [-0.4, -0.2) is 27.1 Å². The maximum atomic E-state index is 14.7. The van der Waals surface area contributed by atoms with E-state index in [2.05, 4.69) is 15.1 Å². The molecule has 11 heteroatoms. The van der Waals surface area contributed by atoms with Crippen LogP contribution in [0.1, 0.15) is 21.5 Å². The van der Waals surface area contributed by atoms with Crippen LogP contribution in [0, 0.1) is 24.1 Å². The van der Waals surface area contributed by atoms with Gasteiger partial charge in [-0.25, -0.2) is 14.2 Å². The zero-order valence-corrected chi connectivity index (χ0v) is 18.6. The molecule has 2 heterocycles. The lowest BCUT2D eigenvalue weighted by molar-refractivity contribution is -0.136. The Kier molecular flexibility index (Phi) is 5.70. The van der Waals surface area contributed by atoms with Gasteiger partial charge in [0.25, 0.3) is 5.91 Å². The molecule has 4 rings (SSSR count). The van der Waals surface area contributed by atoms with Crippen LogP contribution in [-0.2, 0) is 6.18 Å². The van der Waals surface area contributed by atoms with Crippen LogP contribution in [0.3, 0.4) is 0 Å². The zero-order valence-electron chi connectivity index (χ0n) is 17.7. The summed E-state index contributed by atoms with van der Waals surface area (Å²) >= 11 is 5.61. The van der Waals surface area contributed by atoms with Crippen LogP contribution in [0.25, 0.3) is 27.4 Å². The minimum absolute atomic E-state index is 0.0348. The Morgan fingerprint density at radius 2 is 1.79 bits per heavy atom. The topological polar surface area (TPSA) is 56.2 Å². The predicted octanol–water partition coefficient (Wildman–Crippen LogP) is 5.92.